The Labute approximate surface area is 178 Å². The first-order valence-corrected chi connectivity index (χ1v) is 10.4. The molecule has 1 aliphatic rings. The van der Waals surface area contributed by atoms with Crippen LogP contribution in [0.5, 0.6) is 0 Å². The number of nitrogens with zero attached hydrogens (tertiary/aromatic N) is 2. The molecule has 1 fully saturated rings. The quantitative estimate of drug-likeness (QED) is 0.502. The average Bonchev–Trinajstić information content (AvgIpc) is 2.69. The maximum absolute atomic E-state index is 12.2. The molecule has 1 aliphatic heterocycles. The molecule has 154 valence electrons. The topological polar surface area (TPSA) is 32.8 Å². The normalized spacial score (nSPS) is 14.2. The highest BCUT2D eigenvalue weighted by Crippen LogP contribution is 2.36. The van der Waals surface area contributed by atoms with Crippen LogP contribution < -0.4 is 4.90 Å². The molecule has 3 aromatic rings. The molecule has 3 aromatic carbocycles. The van der Waals surface area contributed by atoms with Crippen molar-refractivity contribution in [3.8, 4) is 0 Å². The van der Waals surface area contributed by atoms with Gasteiger partial charge in [-0.2, -0.15) is 0 Å². The van der Waals surface area contributed by atoms with E-state index < -0.39 is 5.60 Å². The lowest BCUT2D eigenvalue weighted by Gasteiger charge is -2.40. The zero-order chi connectivity index (χ0) is 21.1. The van der Waals surface area contributed by atoms with Crippen molar-refractivity contribution in [3.05, 3.63) is 90.5 Å². The standard InChI is InChI=1S/C26H28N2O2/c1-26(2,3)30-25(29)27-18-21(19-27)20-14-16-24(17-15-20)28(22-10-6-4-7-11-22)23-12-8-5-9-13-23/h4-17,21H,18-19H2,1-3H3. The van der Waals surface area contributed by atoms with Crippen LogP contribution in [0.3, 0.4) is 0 Å². The molecule has 0 atom stereocenters. The number of hydrogen-bond donors (Lipinski definition) is 0. The highest BCUT2D eigenvalue weighted by molar-refractivity contribution is 5.76. The third-order valence-corrected chi connectivity index (χ3v) is 5.18. The molecule has 0 bridgehead atoms. The lowest BCUT2D eigenvalue weighted by Crippen LogP contribution is -2.50. The third-order valence-electron chi connectivity index (χ3n) is 5.18. The van der Waals surface area contributed by atoms with E-state index in [1.807, 2.05) is 32.9 Å². The number of anilines is 3. The summed E-state index contributed by atoms with van der Waals surface area (Å²) in [5, 5.41) is 0. The van der Waals surface area contributed by atoms with Gasteiger partial charge in [-0.3, -0.25) is 0 Å². The molecule has 1 saturated heterocycles. The van der Waals surface area contributed by atoms with Crippen molar-refractivity contribution in [1.82, 2.24) is 4.90 Å². The highest BCUT2D eigenvalue weighted by Gasteiger charge is 2.34. The molecule has 1 heterocycles. The molecule has 0 N–H and O–H groups in total. The smallest absolute Gasteiger partial charge is 0.410 e. The lowest BCUT2D eigenvalue weighted by molar-refractivity contribution is 0.00819. The number of hydrogen-bond acceptors (Lipinski definition) is 3. The van der Waals surface area contributed by atoms with Gasteiger partial charge in [0.05, 0.1) is 0 Å². The zero-order valence-corrected chi connectivity index (χ0v) is 17.8. The molecule has 30 heavy (non-hydrogen) atoms. The maximum atomic E-state index is 12.2. The minimum atomic E-state index is -0.456. The Morgan fingerprint density at radius 2 is 1.27 bits per heavy atom. The Bertz CT molecular complexity index is 934. The van der Waals surface area contributed by atoms with Crippen LogP contribution in [-0.4, -0.2) is 29.7 Å². The molecule has 4 nitrogen and oxygen atoms in total. The molecule has 4 heteroatoms. The number of carbonyl (C=O) groups is 1. The van der Waals surface area contributed by atoms with Gasteiger partial charge in [-0.15, -0.1) is 0 Å². The average molecular weight is 401 g/mol. The SMILES string of the molecule is CC(C)(C)OC(=O)N1CC(c2ccc(N(c3ccccc3)c3ccccc3)cc2)C1. The van der Waals surface area contributed by atoms with Gasteiger partial charge in [0, 0.05) is 36.1 Å². The summed E-state index contributed by atoms with van der Waals surface area (Å²) >= 11 is 0. The van der Waals surface area contributed by atoms with Gasteiger partial charge in [-0.1, -0.05) is 48.5 Å². The first-order valence-electron chi connectivity index (χ1n) is 10.4. The fourth-order valence-electron chi connectivity index (χ4n) is 3.66. The molecular formula is C26H28N2O2. The van der Waals surface area contributed by atoms with E-state index in [2.05, 4.69) is 77.7 Å². The second-order valence-electron chi connectivity index (χ2n) is 8.68. The minimum absolute atomic E-state index is 0.227. The Hall–Kier alpha value is -3.27. The Morgan fingerprint density at radius 3 is 1.73 bits per heavy atom. The summed E-state index contributed by atoms with van der Waals surface area (Å²) in [6.45, 7) is 7.09. The van der Waals surface area contributed by atoms with E-state index in [4.69, 9.17) is 4.74 Å². The van der Waals surface area contributed by atoms with Gasteiger partial charge in [0.15, 0.2) is 0 Å². The second-order valence-corrected chi connectivity index (χ2v) is 8.68. The predicted octanol–water partition coefficient (Wildman–Crippen LogP) is 6.49. The summed E-state index contributed by atoms with van der Waals surface area (Å²) in [5.41, 5.74) is 4.15. The van der Waals surface area contributed by atoms with Gasteiger partial charge in [-0.25, -0.2) is 4.79 Å². The number of rotatable bonds is 4. The minimum Gasteiger partial charge on any atom is -0.444 e. The monoisotopic (exact) mass is 400 g/mol. The molecule has 0 unspecified atom stereocenters. The van der Waals surface area contributed by atoms with Crippen LogP contribution in [0, 0.1) is 0 Å². The first kappa shape index (κ1) is 20.0. The second kappa shape index (κ2) is 8.23. The number of carbonyl (C=O) groups excluding carboxylic acids is 1. The molecule has 4 rings (SSSR count). The molecule has 1 amide bonds. The maximum Gasteiger partial charge on any atom is 0.410 e. The summed E-state index contributed by atoms with van der Waals surface area (Å²) in [6.07, 6.45) is -0.227. The van der Waals surface area contributed by atoms with Gasteiger partial charge in [0.25, 0.3) is 0 Å². The number of ether oxygens (including phenoxy) is 1. The number of benzene rings is 3. The van der Waals surface area contributed by atoms with Crippen LogP contribution in [0.1, 0.15) is 32.3 Å². The fraction of sp³-hybridized carbons (Fsp3) is 0.269. The van der Waals surface area contributed by atoms with E-state index in [0.29, 0.717) is 19.0 Å². The van der Waals surface area contributed by atoms with Crippen molar-refractivity contribution in [1.29, 1.82) is 0 Å². The summed E-state index contributed by atoms with van der Waals surface area (Å²) in [5.74, 6) is 0.355. The van der Waals surface area contributed by atoms with Crippen LogP contribution >= 0.6 is 0 Å². The van der Waals surface area contributed by atoms with Crippen molar-refractivity contribution >= 4 is 23.2 Å². The molecule has 0 saturated carbocycles. The van der Waals surface area contributed by atoms with Crippen LogP contribution in [-0.2, 0) is 4.74 Å². The highest BCUT2D eigenvalue weighted by atomic mass is 16.6. The predicted molar refractivity (Wildman–Crippen MR) is 122 cm³/mol. The molecule has 0 spiro atoms. The third kappa shape index (κ3) is 4.48. The van der Waals surface area contributed by atoms with E-state index in [0.717, 1.165) is 17.1 Å². The van der Waals surface area contributed by atoms with Crippen LogP contribution in [0.25, 0.3) is 0 Å². The Kier molecular flexibility index (Phi) is 5.49. The Morgan fingerprint density at radius 1 is 0.800 bits per heavy atom. The van der Waals surface area contributed by atoms with Gasteiger partial charge in [0.2, 0.25) is 0 Å². The van der Waals surface area contributed by atoms with Crippen molar-refractivity contribution < 1.29 is 9.53 Å². The summed E-state index contributed by atoms with van der Waals surface area (Å²) in [6, 6.07) is 29.4. The van der Waals surface area contributed by atoms with Gasteiger partial charge >= 0.3 is 6.09 Å². The number of amides is 1. The fourth-order valence-corrected chi connectivity index (χ4v) is 3.66. The summed E-state index contributed by atoms with van der Waals surface area (Å²) in [4.78, 5) is 16.2. The Balaban J connectivity index is 1.49. The van der Waals surface area contributed by atoms with Gasteiger partial charge in [0.1, 0.15) is 5.60 Å². The van der Waals surface area contributed by atoms with Crippen molar-refractivity contribution in [2.24, 2.45) is 0 Å². The van der Waals surface area contributed by atoms with Crippen molar-refractivity contribution in [3.63, 3.8) is 0 Å². The van der Waals surface area contributed by atoms with E-state index in [1.165, 1.54) is 5.56 Å². The molecule has 0 aliphatic carbocycles. The summed E-state index contributed by atoms with van der Waals surface area (Å²) < 4.78 is 5.45. The van der Waals surface area contributed by atoms with Crippen molar-refractivity contribution in [2.45, 2.75) is 32.3 Å². The van der Waals surface area contributed by atoms with Gasteiger partial charge in [-0.05, 0) is 62.7 Å². The van der Waals surface area contributed by atoms with E-state index >= 15 is 0 Å². The first-order chi connectivity index (χ1) is 14.4. The van der Waals surface area contributed by atoms with E-state index in [-0.39, 0.29) is 6.09 Å². The summed E-state index contributed by atoms with van der Waals surface area (Å²) in [7, 11) is 0. The molecule has 0 radical (unpaired) electrons. The molecule has 0 aromatic heterocycles. The van der Waals surface area contributed by atoms with E-state index in [9.17, 15) is 4.79 Å². The molecular weight excluding hydrogens is 372 g/mol. The van der Waals surface area contributed by atoms with Crippen LogP contribution in [0.4, 0.5) is 21.9 Å². The van der Waals surface area contributed by atoms with Crippen LogP contribution in [0.15, 0.2) is 84.9 Å². The van der Waals surface area contributed by atoms with Crippen LogP contribution in [0.2, 0.25) is 0 Å². The lowest BCUT2D eigenvalue weighted by atomic mass is 9.91. The van der Waals surface area contributed by atoms with Gasteiger partial charge < -0.3 is 14.5 Å². The largest absolute Gasteiger partial charge is 0.444 e. The zero-order valence-electron chi connectivity index (χ0n) is 17.8. The van der Waals surface area contributed by atoms with Crippen molar-refractivity contribution in [2.75, 3.05) is 18.0 Å². The number of likely N-dealkylation sites (tertiary alicyclic amines) is 1. The van der Waals surface area contributed by atoms with E-state index in [1.54, 1.807) is 4.90 Å². The number of para-hydroxylation sites is 2.